The number of benzene rings is 1. The van der Waals surface area contributed by atoms with Crippen LogP contribution in [-0.4, -0.2) is 12.1 Å². The van der Waals surface area contributed by atoms with Crippen molar-refractivity contribution in [3.8, 4) is 0 Å². The molecule has 0 amide bonds. The molecule has 0 aromatic heterocycles. The highest BCUT2D eigenvalue weighted by Crippen LogP contribution is 2.32. The molecule has 0 aliphatic carbocycles. The van der Waals surface area contributed by atoms with Crippen molar-refractivity contribution in [2.24, 2.45) is 0 Å². The van der Waals surface area contributed by atoms with Crippen molar-refractivity contribution in [2.75, 3.05) is 0 Å². The minimum absolute atomic E-state index is 0.554. The van der Waals surface area contributed by atoms with Gasteiger partial charge in [0, 0.05) is 23.0 Å². The third kappa shape index (κ3) is 2.19. The van der Waals surface area contributed by atoms with Gasteiger partial charge in [0.2, 0.25) is 0 Å². The molecule has 0 spiro atoms. The summed E-state index contributed by atoms with van der Waals surface area (Å²) >= 11 is 6.16. The Morgan fingerprint density at radius 1 is 1.33 bits per heavy atom. The van der Waals surface area contributed by atoms with Crippen LogP contribution in [0.3, 0.4) is 0 Å². The smallest absolute Gasteiger partial charge is 0.0438 e. The van der Waals surface area contributed by atoms with Gasteiger partial charge in [0.05, 0.1) is 0 Å². The number of aryl methyl sites for hydroxylation is 1. The second-order valence-electron chi connectivity index (χ2n) is 4.71. The van der Waals surface area contributed by atoms with Crippen LogP contribution in [0.15, 0.2) is 18.2 Å². The van der Waals surface area contributed by atoms with Crippen LogP contribution in [0.1, 0.15) is 37.3 Å². The van der Waals surface area contributed by atoms with Crippen molar-refractivity contribution in [2.45, 2.75) is 45.2 Å². The lowest BCUT2D eigenvalue weighted by molar-refractivity contribution is 0.575. The highest BCUT2D eigenvalue weighted by Gasteiger charge is 2.29. The summed E-state index contributed by atoms with van der Waals surface area (Å²) in [6.07, 6.45) is 1.21. The van der Waals surface area contributed by atoms with Gasteiger partial charge >= 0.3 is 0 Å². The van der Waals surface area contributed by atoms with Crippen LogP contribution < -0.4 is 5.32 Å². The van der Waals surface area contributed by atoms with E-state index in [1.165, 1.54) is 12.0 Å². The standard InChI is InChI=1S/C13H18ClN/c1-8-4-5-11(7-13(8)14)12-6-9(2)15-10(12)3/h4-5,7,9-10,12,15H,6H2,1-3H3. The molecule has 1 saturated heterocycles. The Kier molecular flexibility index (Phi) is 3.03. The molecule has 3 atom stereocenters. The molecule has 1 aromatic rings. The first-order chi connectivity index (χ1) is 7.08. The monoisotopic (exact) mass is 223 g/mol. The van der Waals surface area contributed by atoms with E-state index in [2.05, 4.69) is 37.4 Å². The van der Waals surface area contributed by atoms with Crippen molar-refractivity contribution < 1.29 is 0 Å². The van der Waals surface area contributed by atoms with Gasteiger partial charge in [-0.1, -0.05) is 23.7 Å². The molecule has 3 unspecified atom stereocenters. The van der Waals surface area contributed by atoms with Crippen LogP contribution in [0.4, 0.5) is 0 Å². The topological polar surface area (TPSA) is 12.0 Å². The van der Waals surface area contributed by atoms with Gasteiger partial charge in [0.25, 0.3) is 0 Å². The van der Waals surface area contributed by atoms with E-state index in [9.17, 15) is 0 Å². The number of rotatable bonds is 1. The number of hydrogen-bond donors (Lipinski definition) is 1. The molecular formula is C13H18ClN. The number of halogens is 1. The number of hydrogen-bond acceptors (Lipinski definition) is 1. The molecule has 1 aromatic carbocycles. The predicted molar refractivity (Wildman–Crippen MR) is 65.6 cm³/mol. The van der Waals surface area contributed by atoms with Gasteiger partial charge in [0.15, 0.2) is 0 Å². The first-order valence-corrected chi connectivity index (χ1v) is 5.98. The maximum atomic E-state index is 6.16. The van der Waals surface area contributed by atoms with E-state index < -0.39 is 0 Å². The van der Waals surface area contributed by atoms with E-state index in [0.717, 1.165) is 10.6 Å². The fraction of sp³-hybridized carbons (Fsp3) is 0.538. The molecule has 1 nitrogen and oxygen atoms in total. The van der Waals surface area contributed by atoms with E-state index in [4.69, 9.17) is 11.6 Å². The third-order valence-electron chi connectivity index (χ3n) is 3.38. The van der Waals surface area contributed by atoms with E-state index in [-0.39, 0.29) is 0 Å². The van der Waals surface area contributed by atoms with Crippen molar-refractivity contribution in [1.29, 1.82) is 0 Å². The fourth-order valence-corrected chi connectivity index (χ4v) is 2.67. The molecule has 2 rings (SSSR count). The zero-order chi connectivity index (χ0) is 11.0. The van der Waals surface area contributed by atoms with Crippen molar-refractivity contribution in [3.63, 3.8) is 0 Å². The van der Waals surface area contributed by atoms with E-state index >= 15 is 0 Å². The van der Waals surface area contributed by atoms with Gasteiger partial charge in [-0.3, -0.25) is 0 Å². The quantitative estimate of drug-likeness (QED) is 0.769. The highest BCUT2D eigenvalue weighted by atomic mass is 35.5. The predicted octanol–water partition coefficient (Wildman–Crippen LogP) is 3.50. The van der Waals surface area contributed by atoms with Crippen LogP contribution >= 0.6 is 11.6 Å². The Labute approximate surface area is 96.8 Å². The van der Waals surface area contributed by atoms with Crippen LogP contribution in [0, 0.1) is 6.92 Å². The highest BCUT2D eigenvalue weighted by molar-refractivity contribution is 6.31. The lowest BCUT2D eigenvalue weighted by atomic mass is 9.91. The Hall–Kier alpha value is -0.530. The lowest BCUT2D eigenvalue weighted by Crippen LogP contribution is -2.26. The lowest BCUT2D eigenvalue weighted by Gasteiger charge is -2.16. The average Bonchev–Trinajstić information content (AvgIpc) is 2.50. The second kappa shape index (κ2) is 4.15. The molecule has 15 heavy (non-hydrogen) atoms. The Balaban J connectivity index is 2.26. The molecule has 1 fully saturated rings. The molecule has 1 N–H and O–H groups in total. The molecule has 1 aliphatic heterocycles. The van der Waals surface area contributed by atoms with Gasteiger partial charge in [-0.25, -0.2) is 0 Å². The summed E-state index contributed by atoms with van der Waals surface area (Å²) in [5.41, 5.74) is 2.53. The molecule has 2 heteroatoms. The fourth-order valence-electron chi connectivity index (χ4n) is 2.48. The SMILES string of the molecule is Cc1ccc(C2CC(C)NC2C)cc1Cl. The summed E-state index contributed by atoms with van der Waals surface area (Å²) < 4.78 is 0. The molecule has 1 aliphatic rings. The van der Waals surface area contributed by atoms with E-state index in [1.807, 2.05) is 6.92 Å². The summed E-state index contributed by atoms with van der Waals surface area (Å²) in [6.45, 7) is 6.54. The summed E-state index contributed by atoms with van der Waals surface area (Å²) in [5.74, 6) is 0.609. The largest absolute Gasteiger partial charge is 0.311 e. The zero-order valence-corrected chi connectivity index (χ0v) is 10.3. The first kappa shape index (κ1) is 11.0. The first-order valence-electron chi connectivity index (χ1n) is 5.60. The Morgan fingerprint density at radius 2 is 2.07 bits per heavy atom. The third-order valence-corrected chi connectivity index (χ3v) is 3.79. The second-order valence-corrected chi connectivity index (χ2v) is 5.11. The molecule has 1 heterocycles. The van der Waals surface area contributed by atoms with Gasteiger partial charge in [-0.2, -0.15) is 0 Å². The normalized spacial score (nSPS) is 30.8. The Bertz CT molecular complexity index is 362. The maximum Gasteiger partial charge on any atom is 0.0438 e. The van der Waals surface area contributed by atoms with Crippen molar-refractivity contribution in [3.05, 3.63) is 34.3 Å². The van der Waals surface area contributed by atoms with Crippen LogP contribution in [-0.2, 0) is 0 Å². The summed E-state index contributed by atoms with van der Waals surface area (Å²) in [4.78, 5) is 0. The van der Waals surface area contributed by atoms with Gasteiger partial charge < -0.3 is 5.32 Å². The molecule has 0 radical (unpaired) electrons. The van der Waals surface area contributed by atoms with Crippen LogP contribution in [0.2, 0.25) is 5.02 Å². The van der Waals surface area contributed by atoms with Gasteiger partial charge in [-0.05, 0) is 44.4 Å². The number of nitrogens with one attached hydrogen (secondary N) is 1. The van der Waals surface area contributed by atoms with Crippen LogP contribution in [0.5, 0.6) is 0 Å². The van der Waals surface area contributed by atoms with Gasteiger partial charge in [0.1, 0.15) is 0 Å². The summed E-state index contributed by atoms with van der Waals surface area (Å²) in [7, 11) is 0. The van der Waals surface area contributed by atoms with Gasteiger partial charge in [-0.15, -0.1) is 0 Å². The Morgan fingerprint density at radius 3 is 2.60 bits per heavy atom. The van der Waals surface area contributed by atoms with Crippen molar-refractivity contribution in [1.82, 2.24) is 5.32 Å². The molecular weight excluding hydrogens is 206 g/mol. The van der Waals surface area contributed by atoms with Crippen LogP contribution in [0.25, 0.3) is 0 Å². The van der Waals surface area contributed by atoms with E-state index in [1.54, 1.807) is 0 Å². The minimum atomic E-state index is 0.554. The molecule has 0 bridgehead atoms. The van der Waals surface area contributed by atoms with E-state index in [0.29, 0.717) is 18.0 Å². The minimum Gasteiger partial charge on any atom is -0.311 e. The summed E-state index contributed by atoms with van der Waals surface area (Å²) in [5, 5.41) is 4.44. The maximum absolute atomic E-state index is 6.16. The zero-order valence-electron chi connectivity index (χ0n) is 9.55. The average molecular weight is 224 g/mol. The molecule has 82 valence electrons. The summed E-state index contributed by atoms with van der Waals surface area (Å²) in [6, 6.07) is 7.62. The van der Waals surface area contributed by atoms with Crippen molar-refractivity contribution >= 4 is 11.6 Å². The molecule has 0 saturated carbocycles.